The van der Waals surface area contributed by atoms with Crippen molar-refractivity contribution in [2.45, 2.75) is 25.8 Å². The summed E-state index contributed by atoms with van der Waals surface area (Å²) in [6, 6.07) is 0.673. The molecule has 2 aliphatic rings. The van der Waals surface area contributed by atoms with Crippen molar-refractivity contribution >= 4 is 5.78 Å². The van der Waals surface area contributed by atoms with Crippen molar-refractivity contribution in [1.29, 1.82) is 0 Å². The summed E-state index contributed by atoms with van der Waals surface area (Å²) in [5.41, 5.74) is 0. The van der Waals surface area contributed by atoms with Crippen molar-refractivity contribution in [3.8, 4) is 0 Å². The molecule has 1 heterocycles. The molecular weight excluding hydrogens is 162 g/mol. The topological polar surface area (TPSA) is 39.0 Å². The van der Waals surface area contributed by atoms with Gasteiger partial charge in [-0.25, -0.2) is 0 Å². The lowest BCUT2D eigenvalue weighted by atomic mass is 9.93. The summed E-state index contributed by atoms with van der Waals surface area (Å²) in [5.74, 6) is 1.89. The standard InChI is InChI=1S/C11H17NO/c1-3-8-4-9(7(2)13)5-10(8)11-6-12-11/h3,8-12H,1,4-6H2,2H3/t8-,9+,10-,11+/m1/s1. The number of hydrogen-bond acceptors (Lipinski definition) is 2. The van der Waals surface area contributed by atoms with Gasteiger partial charge in [-0.15, -0.1) is 6.58 Å². The highest BCUT2D eigenvalue weighted by Crippen LogP contribution is 2.41. The number of rotatable bonds is 3. The molecule has 0 aromatic rings. The zero-order valence-electron chi connectivity index (χ0n) is 8.12. The van der Waals surface area contributed by atoms with Crippen molar-refractivity contribution in [1.82, 2.24) is 5.32 Å². The monoisotopic (exact) mass is 179 g/mol. The molecule has 0 unspecified atom stereocenters. The van der Waals surface area contributed by atoms with E-state index in [-0.39, 0.29) is 0 Å². The first kappa shape index (κ1) is 8.95. The lowest BCUT2D eigenvalue weighted by molar-refractivity contribution is -0.120. The Morgan fingerprint density at radius 1 is 1.54 bits per heavy atom. The maximum Gasteiger partial charge on any atom is 0.132 e. The SMILES string of the molecule is C=C[C@@H]1C[C@H](C(C)=O)C[C@H]1[C@@H]1CN1. The summed E-state index contributed by atoms with van der Waals surface area (Å²) in [7, 11) is 0. The Hall–Kier alpha value is -0.630. The van der Waals surface area contributed by atoms with E-state index < -0.39 is 0 Å². The van der Waals surface area contributed by atoms with Crippen LogP contribution in [0.3, 0.4) is 0 Å². The number of hydrogen-bond donors (Lipinski definition) is 1. The normalized spacial score (nSPS) is 43.2. The van der Waals surface area contributed by atoms with E-state index in [1.165, 1.54) is 0 Å². The Kier molecular flexibility index (Phi) is 2.24. The molecule has 1 saturated carbocycles. The van der Waals surface area contributed by atoms with Crippen LogP contribution in [0.5, 0.6) is 0 Å². The highest BCUT2D eigenvalue weighted by molar-refractivity contribution is 5.78. The number of carbonyl (C=O) groups excluding carboxylic acids is 1. The number of ketones is 1. The van der Waals surface area contributed by atoms with E-state index in [0.717, 1.165) is 19.4 Å². The zero-order chi connectivity index (χ0) is 9.42. The summed E-state index contributed by atoms with van der Waals surface area (Å²) in [4.78, 5) is 11.2. The lowest BCUT2D eigenvalue weighted by Crippen LogP contribution is -2.14. The Morgan fingerprint density at radius 3 is 2.69 bits per heavy atom. The Bertz CT molecular complexity index is 232. The fourth-order valence-electron chi connectivity index (χ4n) is 2.54. The minimum Gasteiger partial charge on any atom is -0.311 e. The lowest BCUT2D eigenvalue weighted by Gasteiger charge is -2.12. The maximum atomic E-state index is 11.2. The first-order valence-corrected chi connectivity index (χ1v) is 5.08. The van der Waals surface area contributed by atoms with E-state index in [9.17, 15) is 4.79 Å². The Morgan fingerprint density at radius 2 is 2.23 bits per heavy atom. The molecule has 0 amide bonds. The van der Waals surface area contributed by atoms with E-state index >= 15 is 0 Å². The third-order valence-electron chi connectivity index (χ3n) is 3.50. The molecule has 2 fully saturated rings. The summed E-state index contributed by atoms with van der Waals surface area (Å²) in [6.07, 6.45) is 4.14. The molecule has 0 bridgehead atoms. The van der Waals surface area contributed by atoms with Crippen LogP contribution in [0, 0.1) is 17.8 Å². The molecular formula is C11H17NO. The first-order valence-electron chi connectivity index (χ1n) is 5.08. The first-order chi connectivity index (χ1) is 6.22. The van der Waals surface area contributed by atoms with Crippen LogP contribution >= 0.6 is 0 Å². The van der Waals surface area contributed by atoms with Crippen LogP contribution in [0.1, 0.15) is 19.8 Å². The second kappa shape index (κ2) is 3.26. The van der Waals surface area contributed by atoms with Crippen LogP contribution in [-0.2, 0) is 4.79 Å². The van der Waals surface area contributed by atoms with Gasteiger partial charge in [0.05, 0.1) is 0 Å². The quantitative estimate of drug-likeness (QED) is 0.525. The summed E-state index contributed by atoms with van der Waals surface area (Å²) < 4.78 is 0. The van der Waals surface area contributed by atoms with Crippen LogP contribution in [0.4, 0.5) is 0 Å². The van der Waals surface area contributed by atoms with Gasteiger partial charge in [0.15, 0.2) is 0 Å². The molecule has 13 heavy (non-hydrogen) atoms. The highest BCUT2D eigenvalue weighted by Gasteiger charge is 2.42. The molecule has 72 valence electrons. The largest absolute Gasteiger partial charge is 0.311 e. The Labute approximate surface area is 79.4 Å². The summed E-state index contributed by atoms with van der Waals surface area (Å²) >= 11 is 0. The van der Waals surface area contributed by atoms with E-state index in [0.29, 0.717) is 29.6 Å². The van der Waals surface area contributed by atoms with E-state index in [1.807, 2.05) is 6.08 Å². The van der Waals surface area contributed by atoms with Crippen LogP contribution in [0.15, 0.2) is 12.7 Å². The predicted molar refractivity (Wildman–Crippen MR) is 52.4 cm³/mol. The second-order valence-corrected chi connectivity index (χ2v) is 4.36. The van der Waals surface area contributed by atoms with Gasteiger partial charge in [0.25, 0.3) is 0 Å². The summed E-state index contributed by atoms with van der Waals surface area (Å²) in [6.45, 7) is 6.71. The van der Waals surface area contributed by atoms with Crippen molar-refractivity contribution in [3.05, 3.63) is 12.7 Å². The molecule has 1 saturated heterocycles. The molecule has 2 heteroatoms. The van der Waals surface area contributed by atoms with Crippen molar-refractivity contribution < 1.29 is 4.79 Å². The molecule has 1 aliphatic carbocycles. The number of carbonyl (C=O) groups is 1. The molecule has 2 rings (SSSR count). The minimum atomic E-state index is 0.301. The molecule has 0 spiro atoms. The van der Waals surface area contributed by atoms with Gasteiger partial charge in [0.1, 0.15) is 5.78 Å². The average Bonchev–Trinajstić information content (AvgIpc) is 2.84. The average molecular weight is 179 g/mol. The smallest absolute Gasteiger partial charge is 0.132 e. The molecule has 2 nitrogen and oxygen atoms in total. The second-order valence-electron chi connectivity index (χ2n) is 4.36. The van der Waals surface area contributed by atoms with Gasteiger partial charge in [-0.3, -0.25) is 4.79 Å². The molecule has 1 aliphatic heterocycles. The van der Waals surface area contributed by atoms with Gasteiger partial charge in [-0.1, -0.05) is 6.08 Å². The molecule has 0 aromatic carbocycles. The van der Waals surface area contributed by atoms with Crippen LogP contribution < -0.4 is 5.32 Å². The van der Waals surface area contributed by atoms with Gasteiger partial charge >= 0.3 is 0 Å². The number of nitrogens with one attached hydrogen (secondary N) is 1. The fourth-order valence-corrected chi connectivity index (χ4v) is 2.54. The Balaban J connectivity index is 2.02. The third-order valence-corrected chi connectivity index (χ3v) is 3.50. The highest BCUT2D eigenvalue weighted by atomic mass is 16.1. The van der Waals surface area contributed by atoms with Gasteiger partial charge < -0.3 is 5.32 Å². The fraction of sp³-hybridized carbons (Fsp3) is 0.727. The number of allylic oxidation sites excluding steroid dienone is 1. The van der Waals surface area contributed by atoms with Gasteiger partial charge in [-0.2, -0.15) is 0 Å². The van der Waals surface area contributed by atoms with E-state index in [4.69, 9.17) is 0 Å². The summed E-state index contributed by atoms with van der Waals surface area (Å²) in [5, 5.41) is 3.34. The molecule has 0 radical (unpaired) electrons. The zero-order valence-corrected chi connectivity index (χ0v) is 8.12. The van der Waals surface area contributed by atoms with Crippen molar-refractivity contribution in [2.24, 2.45) is 17.8 Å². The minimum absolute atomic E-state index is 0.301. The van der Waals surface area contributed by atoms with E-state index in [2.05, 4.69) is 11.9 Å². The molecule has 0 aromatic heterocycles. The number of Topliss-reactive ketones (excluding diaryl/α,β-unsaturated/α-hetero) is 1. The van der Waals surface area contributed by atoms with Gasteiger partial charge in [-0.05, 0) is 31.6 Å². The van der Waals surface area contributed by atoms with Crippen molar-refractivity contribution in [3.63, 3.8) is 0 Å². The van der Waals surface area contributed by atoms with Crippen LogP contribution in [0.2, 0.25) is 0 Å². The molecule has 4 atom stereocenters. The van der Waals surface area contributed by atoms with Crippen LogP contribution in [0.25, 0.3) is 0 Å². The van der Waals surface area contributed by atoms with Crippen molar-refractivity contribution in [2.75, 3.05) is 6.54 Å². The van der Waals surface area contributed by atoms with Gasteiger partial charge in [0.2, 0.25) is 0 Å². The third kappa shape index (κ3) is 1.68. The van der Waals surface area contributed by atoms with Crippen LogP contribution in [-0.4, -0.2) is 18.4 Å². The maximum absolute atomic E-state index is 11.2. The molecule has 1 N–H and O–H groups in total. The van der Waals surface area contributed by atoms with E-state index in [1.54, 1.807) is 6.92 Å². The van der Waals surface area contributed by atoms with Gasteiger partial charge in [0, 0.05) is 18.5 Å². The predicted octanol–water partition coefficient (Wildman–Crippen LogP) is 1.38.